The van der Waals surface area contributed by atoms with E-state index >= 15 is 0 Å². The molecule has 1 aliphatic heterocycles. The van der Waals surface area contributed by atoms with E-state index in [0.29, 0.717) is 0 Å². The van der Waals surface area contributed by atoms with Crippen LogP contribution in [-0.4, -0.2) is 18.0 Å². The lowest BCUT2D eigenvalue weighted by molar-refractivity contribution is -0.0955. The van der Waals surface area contributed by atoms with Crippen molar-refractivity contribution in [1.29, 1.82) is 0 Å². The minimum atomic E-state index is -0.491. The van der Waals surface area contributed by atoms with E-state index in [0.717, 1.165) is 31.8 Å². The lowest BCUT2D eigenvalue weighted by Crippen LogP contribution is -2.08. The highest BCUT2D eigenvalue weighted by Gasteiger charge is 2.12. The summed E-state index contributed by atoms with van der Waals surface area (Å²) in [5.74, 6) is 0.724. The molecule has 54 valence electrons. The van der Waals surface area contributed by atoms with Crippen molar-refractivity contribution < 1.29 is 9.84 Å². The van der Waals surface area contributed by atoms with Gasteiger partial charge in [-0.1, -0.05) is 6.92 Å². The molecule has 1 rings (SSSR count). The van der Waals surface area contributed by atoms with Gasteiger partial charge < -0.3 is 9.84 Å². The summed E-state index contributed by atoms with van der Waals surface area (Å²) in [4.78, 5) is 0. The van der Waals surface area contributed by atoms with E-state index in [4.69, 9.17) is 9.84 Å². The van der Waals surface area contributed by atoms with Gasteiger partial charge >= 0.3 is 0 Å². The van der Waals surface area contributed by atoms with Gasteiger partial charge in [0.05, 0.1) is 0 Å². The van der Waals surface area contributed by atoms with Crippen LogP contribution in [0.1, 0.15) is 26.2 Å². The molecule has 1 unspecified atom stereocenters. The summed E-state index contributed by atoms with van der Waals surface area (Å²) in [5.41, 5.74) is 0. The highest BCUT2D eigenvalue weighted by Crippen LogP contribution is 2.16. The Bertz CT molecular complexity index is 73.0. The Morgan fingerprint density at radius 1 is 1.33 bits per heavy atom. The van der Waals surface area contributed by atoms with Gasteiger partial charge in [0, 0.05) is 6.61 Å². The first kappa shape index (κ1) is 7.03. The first-order valence-electron chi connectivity index (χ1n) is 3.58. The second kappa shape index (κ2) is 3.18. The van der Waals surface area contributed by atoms with Gasteiger partial charge in [0.25, 0.3) is 0 Å². The van der Waals surface area contributed by atoms with Crippen LogP contribution < -0.4 is 0 Å². The Morgan fingerprint density at radius 2 is 2.11 bits per heavy atom. The zero-order chi connectivity index (χ0) is 6.69. The minimum absolute atomic E-state index is 0.491. The topological polar surface area (TPSA) is 29.5 Å². The van der Waals surface area contributed by atoms with Crippen molar-refractivity contribution in [3.8, 4) is 0 Å². The Morgan fingerprint density at radius 3 is 2.89 bits per heavy atom. The summed E-state index contributed by atoms with van der Waals surface area (Å²) in [6.07, 6.45) is 2.51. The fraction of sp³-hybridized carbons (Fsp3) is 1.00. The van der Waals surface area contributed by atoms with Gasteiger partial charge in [0.15, 0.2) is 6.29 Å². The van der Waals surface area contributed by atoms with Crippen LogP contribution in [0.3, 0.4) is 0 Å². The van der Waals surface area contributed by atoms with Crippen molar-refractivity contribution >= 4 is 0 Å². The normalized spacial score (nSPS) is 38.0. The van der Waals surface area contributed by atoms with Gasteiger partial charge in [-0.05, 0) is 25.2 Å². The molecule has 1 aliphatic rings. The number of aliphatic hydroxyl groups is 1. The average Bonchev–Trinajstić information content (AvgIpc) is 1.97. The standard InChI is InChI=1S/C7H14O2/c1-6-2-3-7(8)9-5-4-6/h6-8H,2-5H2,1H3/t6-,7?/m0/s1. The van der Waals surface area contributed by atoms with Crippen LogP contribution in [-0.2, 0) is 4.74 Å². The van der Waals surface area contributed by atoms with Crippen LogP contribution in [0, 0.1) is 5.92 Å². The van der Waals surface area contributed by atoms with Crippen molar-refractivity contribution in [2.45, 2.75) is 32.5 Å². The molecule has 9 heavy (non-hydrogen) atoms. The van der Waals surface area contributed by atoms with E-state index in [2.05, 4.69) is 6.92 Å². The molecule has 1 saturated heterocycles. The van der Waals surface area contributed by atoms with E-state index in [1.165, 1.54) is 0 Å². The second-order valence-corrected chi connectivity index (χ2v) is 2.80. The first-order chi connectivity index (χ1) is 4.29. The number of hydrogen-bond acceptors (Lipinski definition) is 2. The van der Waals surface area contributed by atoms with Gasteiger partial charge in [-0.2, -0.15) is 0 Å². The van der Waals surface area contributed by atoms with Crippen molar-refractivity contribution in [2.24, 2.45) is 5.92 Å². The summed E-state index contributed by atoms with van der Waals surface area (Å²) in [6.45, 7) is 2.92. The Balaban J connectivity index is 2.25. The number of hydrogen-bond donors (Lipinski definition) is 1. The highest BCUT2D eigenvalue weighted by atomic mass is 16.6. The Hall–Kier alpha value is -0.0800. The van der Waals surface area contributed by atoms with Crippen LogP contribution in [0.4, 0.5) is 0 Å². The summed E-state index contributed by atoms with van der Waals surface area (Å²) in [7, 11) is 0. The molecular formula is C7H14O2. The number of ether oxygens (including phenoxy) is 1. The van der Waals surface area contributed by atoms with Crippen LogP contribution in [0.5, 0.6) is 0 Å². The Kier molecular flexibility index (Phi) is 2.49. The molecule has 0 bridgehead atoms. The molecule has 1 heterocycles. The molecule has 1 fully saturated rings. The highest BCUT2D eigenvalue weighted by molar-refractivity contribution is 4.58. The van der Waals surface area contributed by atoms with Gasteiger partial charge in [0.2, 0.25) is 0 Å². The smallest absolute Gasteiger partial charge is 0.154 e. The molecule has 0 aromatic heterocycles. The lowest BCUT2D eigenvalue weighted by atomic mass is 10.0. The molecule has 0 aromatic rings. The predicted molar refractivity (Wildman–Crippen MR) is 35.0 cm³/mol. The van der Waals surface area contributed by atoms with Crippen molar-refractivity contribution in [1.82, 2.24) is 0 Å². The fourth-order valence-electron chi connectivity index (χ4n) is 1.06. The van der Waals surface area contributed by atoms with E-state index in [9.17, 15) is 0 Å². The molecule has 0 aromatic carbocycles. The van der Waals surface area contributed by atoms with Crippen LogP contribution >= 0.6 is 0 Å². The van der Waals surface area contributed by atoms with Crippen LogP contribution in [0.15, 0.2) is 0 Å². The third kappa shape index (κ3) is 2.33. The van der Waals surface area contributed by atoms with E-state index in [1.54, 1.807) is 0 Å². The average molecular weight is 130 g/mol. The monoisotopic (exact) mass is 130 g/mol. The van der Waals surface area contributed by atoms with Crippen LogP contribution in [0.2, 0.25) is 0 Å². The van der Waals surface area contributed by atoms with Gasteiger partial charge in [-0.25, -0.2) is 0 Å². The Labute approximate surface area is 55.8 Å². The molecule has 0 spiro atoms. The van der Waals surface area contributed by atoms with E-state index < -0.39 is 6.29 Å². The SMILES string of the molecule is C[C@@H]1CCOC(O)CC1. The molecule has 2 heteroatoms. The quantitative estimate of drug-likeness (QED) is 0.533. The van der Waals surface area contributed by atoms with Crippen molar-refractivity contribution in [2.75, 3.05) is 6.61 Å². The maximum absolute atomic E-state index is 8.98. The fourth-order valence-corrected chi connectivity index (χ4v) is 1.06. The molecule has 0 saturated carbocycles. The zero-order valence-corrected chi connectivity index (χ0v) is 5.84. The summed E-state index contributed by atoms with van der Waals surface area (Å²) in [5, 5.41) is 8.98. The molecule has 2 atom stereocenters. The lowest BCUT2D eigenvalue weighted by Gasteiger charge is -2.04. The maximum atomic E-state index is 8.98. The molecule has 0 amide bonds. The largest absolute Gasteiger partial charge is 0.368 e. The van der Waals surface area contributed by atoms with Gasteiger partial charge in [-0.3, -0.25) is 0 Å². The summed E-state index contributed by atoms with van der Waals surface area (Å²) >= 11 is 0. The van der Waals surface area contributed by atoms with Crippen molar-refractivity contribution in [3.05, 3.63) is 0 Å². The first-order valence-corrected chi connectivity index (χ1v) is 3.58. The minimum Gasteiger partial charge on any atom is -0.368 e. The van der Waals surface area contributed by atoms with Crippen molar-refractivity contribution in [3.63, 3.8) is 0 Å². The summed E-state index contributed by atoms with van der Waals surface area (Å²) < 4.78 is 5.03. The van der Waals surface area contributed by atoms with E-state index in [-0.39, 0.29) is 0 Å². The number of rotatable bonds is 0. The van der Waals surface area contributed by atoms with Crippen LogP contribution in [0.25, 0.3) is 0 Å². The third-order valence-electron chi connectivity index (χ3n) is 1.83. The zero-order valence-electron chi connectivity index (χ0n) is 5.84. The van der Waals surface area contributed by atoms with Gasteiger partial charge in [-0.15, -0.1) is 0 Å². The maximum Gasteiger partial charge on any atom is 0.154 e. The molecule has 0 radical (unpaired) electrons. The second-order valence-electron chi connectivity index (χ2n) is 2.80. The third-order valence-corrected chi connectivity index (χ3v) is 1.83. The molecule has 2 nitrogen and oxygen atoms in total. The summed E-state index contributed by atoms with van der Waals surface area (Å²) in [6, 6.07) is 0. The number of aliphatic hydroxyl groups excluding tert-OH is 1. The van der Waals surface area contributed by atoms with E-state index in [1.807, 2.05) is 0 Å². The van der Waals surface area contributed by atoms with Gasteiger partial charge in [0.1, 0.15) is 0 Å². The predicted octanol–water partition coefficient (Wildman–Crippen LogP) is 1.14. The molecule has 1 N–H and O–H groups in total. The molecular weight excluding hydrogens is 116 g/mol. The molecule has 0 aliphatic carbocycles.